The molecular weight excluding hydrogens is 566 g/mol. The topological polar surface area (TPSA) is 3.24 Å². The Kier molecular flexibility index (Phi) is 5.84. The Morgan fingerprint density at radius 1 is 0.400 bits per heavy atom. The molecule has 0 aromatic heterocycles. The summed E-state index contributed by atoms with van der Waals surface area (Å²) in [6.45, 7) is 0. The molecule has 45 heavy (non-hydrogen) atoms. The lowest BCUT2D eigenvalue weighted by molar-refractivity contribution is 0.794. The van der Waals surface area contributed by atoms with Crippen molar-refractivity contribution in [2.75, 3.05) is 4.90 Å². The van der Waals surface area contributed by atoms with E-state index in [1.807, 2.05) is 0 Å². The molecule has 0 aliphatic heterocycles. The van der Waals surface area contributed by atoms with E-state index in [0.29, 0.717) is 0 Å². The average molecular weight is 594 g/mol. The lowest BCUT2D eigenvalue weighted by atomic mass is 9.70. The van der Waals surface area contributed by atoms with Crippen molar-refractivity contribution >= 4 is 28.7 Å². The van der Waals surface area contributed by atoms with Crippen LogP contribution in [0.1, 0.15) is 22.3 Å². The van der Waals surface area contributed by atoms with Gasteiger partial charge >= 0.3 is 0 Å². The molecule has 0 N–H and O–H groups in total. The second kappa shape index (κ2) is 10.1. The van der Waals surface area contributed by atoms with Crippen LogP contribution in [0.5, 0.6) is 0 Å². The van der Waals surface area contributed by atoms with E-state index >= 15 is 0 Å². The molecule has 2 heteroatoms. The number of nitrogens with zero attached hydrogens (tertiary/aromatic N) is 1. The van der Waals surface area contributed by atoms with Crippen LogP contribution in [0.25, 0.3) is 33.4 Å². The SMILES string of the molecule is Clc1cc(N(c2ccccc2)c2ccc(-c3ccccc3)cc2)c2c(c1)C1(c3ccccc3-c3ccccc31)c1ccccc1-2. The Balaban J connectivity index is 1.34. The maximum Gasteiger partial charge on any atom is 0.0726 e. The molecular formula is C43H28ClN. The van der Waals surface area contributed by atoms with Gasteiger partial charge in [-0.05, 0) is 86.5 Å². The highest BCUT2D eigenvalue weighted by Crippen LogP contribution is 2.65. The molecule has 0 atom stereocenters. The predicted molar refractivity (Wildman–Crippen MR) is 188 cm³/mol. The normalized spacial score (nSPS) is 13.2. The van der Waals surface area contributed by atoms with E-state index in [1.165, 1.54) is 55.6 Å². The summed E-state index contributed by atoms with van der Waals surface area (Å²) in [7, 11) is 0. The van der Waals surface area contributed by atoms with Crippen molar-refractivity contribution in [3.8, 4) is 33.4 Å². The average Bonchev–Trinajstić information content (AvgIpc) is 3.57. The van der Waals surface area contributed by atoms with Gasteiger partial charge < -0.3 is 4.90 Å². The summed E-state index contributed by atoms with van der Waals surface area (Å²) in [6, 6.07) is 61.1. The number of rotatable bonds is 4. The molecule has 2 aliphatic carbocycles. The van der Waals surface area contributed by atoms with E-state index in [-0.39, 0.29) is 0 Å². The number of para-hydroxylation sites is 1. The first kappa shape index (κ1) is 26.1. The van der Waals surface area contributed by atoms with E-state index in [0.717, 1.165) is 22.1 Å². The zero-order chi connectivity index (χ0) is 30.0. The first-order valence-electron chi connectivity index (χ1n) is 15.4. The smallest absolute Gasteiger partial charge is 0.0726 e. The molecule has 7 aromatic rings. The second-order valence-electron chi connectivity index (χ2n) is 11.8. The van der Waals surface area contributed by atoms with Gasteiger partial charge in [0.2, 0.25) is 0 Å². The van der Waals surface area contributed by atoms with Gasteiger partial charge in [0.1, 0.15) is 0 Å². The van der Waals surface area contributed by atoms with Gasteiger partial charge in [-0.3, -0.25) is 0 Å². The van der Waals surface area contributed by atoms with Gasteiger partial charge in [-0.1, -0.05) is 145 Å². The first-order chi connectivity index (χ1) is 22.2. The molecule has 0 saturated carbocycles. The summed E-state index contributed by atoms with van der Waals surface area (Å²) in [5.41, 5.74) is 15.3. The summed E-state index contributed by atoms with van der Waals surface area (Å²) in [4.78, 5) is 2.36. The van der Waals surface area contributed by atoms with Crippen LogP contribution in [-0.2, 0) is 5.41 Å². The van der Waals surface area contributed by atoms with Crippen molar-refractivity contribution in [1.82, 2.24) is 0 Å². The molecule has 0 unspecified atom stereocenters. The van der Waals surface area contributed by atoms with Gasteiger partial charge in [-0.2, -0.15) is 0 Å². The molecule has 0 heterocycles. The van der Waals surface area contributed by atoms with Crippen molar-refractivity contribution in [3.05, 3.63) is 197 Å². The van der Waals surface area contributed by atoms with E-state index in [2.05, 4.69) is 175 Å². The van der Waals surface area contributed by atoms with Gasteiger partial charge in [-0.15, -0.1) is 0 Å². The molecule has 0 saturated heterocycles. The highest BCUT2D eigenvalue weighted by Gasteiger charge is 2.52. The molecule has 1 nitrogen and oxygen atoms in total. The number of hydrogen-bond donors (Lipinski definition) is 0. The second-order valence-corrected chi connectivity index (χ2v) is 12.3. The summed E-state index contributed by atoms with van der Waals surface area (Å²) in [6.07, 6.45) is 0. The highest BCUT2D eigenvalue weighted by atomic mass is 35.5. The summed E-state index contributed by atoms with van der Waals surface area (Å²) in [5.74, 6) is 0. The van der Waals surface area contributed by atoms with Crippen molar-refractivity contribution in [1.29, 1.82) is 0 Å². The first-order valence-corrected chi connectivity index (χ1v) is 15.8. The fourth-order valence-electron chi connectivity index (χ4n) is 7.77. The molecule has 0 amide bonds. The van der Waals surface area contributed by atoms with Gasteiger partial charge in [0.25, 0.3) is 0 Å². The zero-order valence-electron chi connectivity index (χ0n) is 24.5. The van der Waals surface area contributed by atoms with E-state index < -0.39 is 5.41 Å². The lowest BCUT2D eigenvalue weighted by Gasteiger charge is -2.32. The third-order valence-corrected chi connectivity index (χ3v) is 9.75. The summed E-state index contributed by atoms with van der Waals surface area (Å²) in [5, 5.41) is 0.722. The summed E-state index contributed by atoms with van der Waals surface area (Å²) < 4.78 is 0. The molecule has 9 rings (SSSR count). The van der Waals surface area contributed by atoms with Gasteiger partial charge in [0, 0.05) is 22.0 Å². The molecule has 2 aliphatic rings. The number of benzene rings is 7. The van der Waals surface area contributed by atoms with Crippen LogP contribution in [0, 0.1) is 0 Å². The number of hydrogen-bond acceptors (Lipinski definition) is 1. The van der Waals surface area contributed by atoms with Crippen LogP contribution in [0.4, 0.5) is 17.1 Å². The maximum absolute atomic E-state index is 7.18. The van der Waals surface area contributed by atoms with Gasteiger partial charge in [0.05, 0.1) is 11.1 Å². The van der Waals surface area contributed by atoms with Crippen molar-refractivity contribution in [3.63, 3.8) is 0 Å². The minimum Gasteiger partial charge on any atom is -0.310 e. The fourth-order valence-corrected chi connectivity index (χ4v) is 7.99. The van der Waals surface area contributed by atoms with Crippen molar-refractivity contribution in [2.24, 2.45) is 0 Å². The third kappa shape index (κ3) is 3.75. The molecule has 1 spiro atoms. The third-order valence-electron chi connectivity index (χ3n) is 9.53. The Morgan fingerprint density at radius 2 is 0.867 bits per heavy atom. The van der Waals surface area contributed by atoms with Gasteiger partial charge in [-0.25, -0.2) is 0 Å². The highest BCUT2D eigenvalue weighted by molar-refractivity contribution is 6.31. The largest absolute Gasteiger partial charge is 0.310 e. The monoisotopic (exact) mass is 593 g/mol. The number of anilines is 3. The Labute approximate surface area is 268 Å². The van der Waals surface area contributed by atoms with Gasteiger partial charge in [0.15, 0.2) is 0 Å². The minimum absolute atomic E-state index is 0.460. The lowest BCUT2D eigenvalue weighted by Crippen LogP contribution is -2.26. The van der Waals surface area contributed by atoms with E-state index in [4.69, 9.17) is 11.6 Å². The molecule has 7 aromatic carbocycles. The minimum atomic E-state index is -0.460. The van der Waals surface area contributed by atoms with E-state index in [1.54, 1.807) is 0 Å². The standard InChI is InChI=1S/C43H28ClN/c44-31-27-40-42(36-19-9-12-22-39(36)43(40)37-20-10-7-17-34(37)35-18-8-11-21-38(35)43)41(28-31)45(32-15-5-2-6-16-32)33-25-23-30(24-26-33)29-13-3-1-4-14-29/h1-28H. The van der Waals surface area contributed by atoms with Crippen LogP contribution in [0.3, 0.4) is 0 Å². The Bertz CT molecular complexity index is 2170. The summed E-state index contributed by atoms with van der Waals surface area (Å²) >= 11 is 7.18. The van der Waals surface area contributed by atoms with Crippen molar-refractivity contribution < 1.29 is 0 Å². The maximum atomic E-state index is 7.18. The van der Waals surface area contributed by atoms with Crippen LogP contribution in [-0.4, -0.2) is 0 Å². The molecule has 212 valence electrons. The molecule has 0 fully saturated rings. The Morgan fingerprint density at radius 3 is 1.49 bits per heavy atom. The quantitative estimate of drug-likeness (QED) is 0.196. The van der Waals surface area contributed by atoms with Crippen LogP contribution >= 0.6 is 11.6 Å². The zero-order valence-corrected chi connectivity index (χ0v) is 25.2. The number of halogens is 1. The van der Waals surface area contributed by atoms with E-state index in [9.17, 15) is 0 Å². The van der Waals surface area contributed by atoms with Crippen LogP contribution < -0.4 is 4.90 Å². The fraction of sp³-hybridized carbons (Fsp3) is 0.0233. The van der Waals surface area contributed by atoms with Crippen molar-refractivity contribution in [2.45, 2.75) is 5.41 Å². The predicted octanol–water partition coefficient (Wildman–Crippen LogP) is 11.8. The van der Waals surface area contributed by atoms with Crippen LogP contribution in [0.15, 0.2) is 170 Å². The molecule has 0 bridgehead atoms. The number of fused-ring (bicyclic) bond motifs is 10. The Hall–Kier alpha value is -5.37. The molecule has 0 radical (unpaired) electrons. The van der Waals surface area contributed by atoms with Crippen LogP contribution in [0.2, 0.25) is 5.02 Å².